The standard InChI is InChI=1S/C18H31N5O3.CH4O/c1-5-13(9-10-19)12-15-22-16(26-23-15)14(20)8-6-7-11-21-17(24)25-18(2,3)4;1-2/h5,9,14H,1,6-8,10-12,19-20H2,2-4H3,(H,21,24);2H,1H3/b13-9+;. The van der Waals surface area contributed by atoms with Gasteiger partial charge < -0.3 is 31.2 Å². The monoisotopic (exact) mass is 397 g/mol. The van der Waals surface area contributed by atoms with Crippen LogP contribution >= 0.6 is 0 Å². The lowest BCUT2D eigenvalue weighted by molar-refractivity contribution is 0.0527. The zero-order valence-electron chi connectivity index (χ0n) is 17.4. The third-order valence-corrected chi connectivity index (χ3v) is 3.42. The van der Waals surface area contributed by atoms with E-state index in [1.54, 1.807) is 6.08 Å². The number of aromatic nitrogens is 2. The van der Waals surface area contributed by atoms with Crippen molar-refractivity contribution in [3.05, 3.63) is 36.0 Å². The molecule has 1 rings (SSSR count). The zero-order valence-corrected chi connectivity index (χ0v) is 17.4. The molecule has 1 atom stereocenters. The second-order valence-electron chi connectivity index (χ2n) is 6.98. The maximum Gasteiger partial charge on any atom is 0.407 e. The predicted molar refractivity (Wildman–Crippen MR) is 108 cm³/mol. The molecule has 160 valence electrons. The summed E-state index contributed by atoms with van der Waals surface area (Å²) in [6.07, 6.45) is 5.97. The van der Waals surface area contributed by atoms with Gasteiger partial charge in [-0.2, -0.15) is 4.98 Å². The van der Waals surface area contributed by atoms with E-state index in [1.807, 2.05) is 26.8 Å². The van der Waals surface area contributed by atoms with Crippen LogP contribution in [0.1, 0.15) is 57.8 Å². The van der Waals surface area contributed by atoms with Crippen molar-refractivity contribution in [3.8, 4) is 0 Å². The molecule has 0 saturated heterocycles. The molecule has 9 nitrogen and oxygen atoms in total. The fourth-order valence-corrected chi connectivity index (χ4v) is 2.17. The molecule has 0 saturated carbocycles. The van der Waals surface area contributed by atoms with Gasteiger partial charge in [-0.05, 0) is 45.6 Å². The molecular weight excluding hydrogens is 362 g/mol. The number of nitrogens with two attached hydrogens (primary N) is 2. The molecule has 0 aliphatic heterocycles. The highest BCUT2D eigenvalue weighted by Crippen LogP contribution is 2.16. The maximum atomic E-state index is 11.5. The molecule has 1 amide bonds. The van der Waals surface area contributed by atoms with E-state index < -0.39 is 11.7 Å². The van der Waals surface area contributed by atoms with E-state index in [1.165, 1.54) is 0 Å². The van der Waals surface area contributed by atoms with Gasteiger partial charge >= 0.3 is 6.09 Å². The van der Waals surface area contributed by atoms with E-state index in [-0.39, 0.29) is 6.04 Å². The van der Waals surface area contributed by atoms with Gasteiger partial charge in [0.05, 0.1) is 6.04 Å². The molecule has 0 radical (unpaired) electrons. The minimum absolute atomic E-state index is 0.330. The van der Waals surface area contributed by atoms with Gasteiger partial charge in [-0.25, -0.2) is 4.79 Å². The highest BCUT2D eigenvalue weighted by Gasteiger charge is 2.16. The minimum Gasteiger partial charge on any atom is -0.444 e. The molecule has 6 N–H and O–H groups in total. The minimum atomic E-state index is -0.493. The molecule has 1 aromatic rings. The highest BCUT2D eigenvalue weighted by atomic mass is 16.6. The van der Waals surface area contributed by atoms with Crippen molar-refractivity contribution in [2.24, 2.45) is 11.5 Å². The number of ether oxygens (including phenoxy) is 1. The van der Waals surface area contributed by atoms with Crippen LogP contribution in [0, 0.1) is 0 Å². The first-order chi connectivity index (χ1) is 13.2. The fraction of sp³-hybridized carbons (Fsp3) is 0.632. The Kier molecular flexibility index (Phi) is 12.8. The third kappa shape index (κ3) is 11.5. The van der Waals surface area contributed by atoms with Gasteiger partial charge in [0.1, 0.15) is 5.60 Å². The lowest BCUT2D eigenvalue weighted by Crippen LogP contribution is -2.33. The zero-order chi connectivity index (χ0) is 21.6. The molecule has 0 fully saturated rings. The third-order valence-electron chi connectivity index (χ3n) is 3.42. The molecule has 0 spiro atoms. The molecule has 0 aliphatic carbocycles. The van der Waals surface area contributed by atoms with E-state index in [4.69, 9.17) is 25.8 Å². The van der Waals surface area contributed by atoms with E-state index in [2.05, 4.69) is 22.0 Å². The summed E-state index contributed by atoms with van der Waals surface area (Å²) in [5.74, 6) is 0.970. The van der Waals surface area contributed by atoms with Crippen LogP contribution < -0.4 is 16.8 Å². The van der Waals surface area contributed by atoms with E-state index in [0.29, 0.717) is 37.6 Å². The summed E-state index contributed by atoms with van der Waals surface area (Å²) in [6, 6.07) is -0.330. The molecule has 9 heteroatoms. The van der Waals surface area contributed by atoms with Crippen LogP contribution in [0.15, 0.2) is 28.8 Å². The maximum absolute atomic E-state index is 11.5. The largest absolute Gasteiger partial charge is 0.444 e. The normalized spacial score (nSPS) is 12.6. The first-order valence-electron chi connectivity index (χ1n) is 9.26. The van der Waals surface area contributed by atoms with Crippen LogP contribution in [0.4, 0.5) is 4.79 Å². The lowest BCUT2D eigenvalue weighted by atomic mass is 10.1. The van der Waals surface area contributed by atoms with Crippen molar-refractivity contribution >= 4 is 6.09 Å². The summed E-state index contributed by atoms with van der Waals surface area (Å²) in [4.78, 5) is 15.9. The van der Waals surface area contributed by atoms with Crippen molar-refractivity contribution < 1.29 is 19.2 Å². The Morgan fingerprint density at radius 2 is 2.07 bits per heavy atom. The van der Waals surface area contributed by atoms with E-state index in [9.17, 15) is 4.79 Å². The summed E-state index contributed by atoms with van der Waals surface area (Å²) in [5.41, 5.74) is 12.0. The quantitative estimate of drug-likeness (QED) is 0.346. The number of aliphatic hydroxyl groups is 1. The Hall–Kier alpha value is -2.23. The van der Waals surface area contributed by atoms with Crippen molar-refractivity contribution in [1.29, 1.82) is 0 Å². The number of carbonyl (C=O) groups is 1. The van der Waals surface area contributed by atoms with Gasteiger partial charge in [0.15, 0.2) is 5.82 Å². The predicted octanol–water partition coefficient (Wildman–Crippen LogP) is 1.99. The first-order valence-corrected chi connectivity index (χ1v) is 9.26. The summed E-state index contributed by atoms with van der Waals surface area (Å²) < 4.78 is 10.4. The first kappa shape index (κ1) is 25.8. The Labute approximate surface area is 167 Å². The SMILES string of the molecule is C=C/C(=C\CN)Cc1noc(C(N)CCCCNC(=O)OC(C)(C)C)n1.CO. The molecular formula is C19H35N5O4. The number of aliphatic hydroxyl groups excluding tert-OH is 1. The van der Waals surface area contributed by atoms with Crippen molar-refractivity contribution in [2.75, 3.05) is 20.2 Å². The van der Waals surface area contributed by atoms with Gasteiger partial charge in [0.2, 0.25) is 5.89 Å². The van der Waals surface area contributed by atoms with Crippen molar-refractivity contribution in [2.45, 2.75) is 58.1 Å². The van der Waals surface area contributed by atoms with Gasteiger partial charge in [-0.3, -0.25) is 0 Å². The van der Waals surface area contributed by atoms with Crippen molar-refractivity contribution in [1.82, 2.24) is 15.5 Å². The summed E-state index contributed by atoms with van der Waals surface area (Å²) in [6.45, 7) is 10.2. The molecule has 1 unspecified atom stereocenters. The average Bonchev–Trinajstić information content (AvgIpc) is 3.09. The molecule has 28 heavy (non-hydrogen) atoms. The second kappa shape index (κ2) is 13.9. The number of allylic oxidation sites excluding steroid dienone is 2. The number of rotatable bonds is 10. The summed E-state index contributed by atoms with van der Waals surface area (Å²) in [5, 5.41) is 13.7. The van der Waals surface area contributed by atoms with Crippen LogP contribution in [-0.2, 0) is 11.2 Å². The second-order valence-corrected chi connectivity index (χ2v) is 6.98. The topological polar surface area (TPSA) is 150 Å². The van der Waals surface area contributed by atoms with Gasteiger partial charge in [-0.15, -0.1) is 0 Å². The number of nitrogens with zero attached hydrogens (tertiary/aromatic N) is 2. The highest BCUT2D eigenvalue weighted by molar-refractivity contribution is 5.67. The molecule has 0 bridgehead atoms. The van der Waals surface area contributed by atoms with Crippen LogP contribution in [0.3, 0.4) is 0 Å². The lowest BCUT2D eigenvalue weighted by Gasteiger charge is -2.19. The van der Waals surface area contributed by atoms with Crippen molar-refractivity contribution in [3.63, 3.8) is 0 Å². The summed E-state index contributed by atoms with van der Waals surface area (Å²) >= 11 is 0. The van der Waals surface area contributed by atoms with Crippen LogP contribution in [0.25, 0.3) is 0 Å². The average molecular weight is 398 g/mol. The number of nitrogens with one attached hydrogen (secondary N) is 1. The van der Waals surface area contributed by atoms with E-state index in [0.717, 1.165) is 25.5 Å². The smallest absolute Gasteiger partial charge is 0.407 e. The molecule has 1 aromatic heterocycles. The summed E-state index contributed by atoms with van der Waals surface area (Å²) in [7, 11) is 1.00. The number of amides is 1. The Balaban J connectivity index is 0.00000352. The Morgan fingerprint density at radius 3 is 2.64 bits per heavy atom. The van der Waals surface area contributed by atoms with Crippen LogP contribution in [0.5, 0.6) is 0 Å². The number of alkyl carbamates (subject to hydrolysis) is 1. The molecule has 0 aliphatic rings. The number of carbonyl (C=O) groups excluding carboxylic acids is 1. The Bertz CT molecular complexity index is 608. The van der Waals surface area contributed by atoms with Gasteiger partial charge in [-0.1, -0.05) is 23.9 Å². The van der Waals surface area contributed by atoms with Gasteiger partial charge in [0, 0.05) is 26.6 Å². The van der Waals surface area contributed by atoms with Crippen LogP contribution in [-0.4, -0.2) is 47.1 Å². The number of hydrogen-bond donors (Lipinski definition) is 4. The molecule has 1 heterocycles. The fourth-order valence-electron chi connectivity index (χ4n) is 2.17. The van der Waals surface area contributed by atoms with Crippen LogP contribution in [0.2, 0.25) is 0 Å². The van der Waals surface area contributed by atoms with E-state index >= 15 is 0 Å². The molecule has 0 aromatic carbocycles. The number of unbranched alkanes of at least 4 members (excludes halogenated alkanes) is 1. The number of hydrogen-bond acceptors (Lipinski definition) is 8. The van der Waals surface area contributed by atoms with Gasteiger partial charge in [0.25, 0.3) is 0 Å². The Morgan fingerprint density at radius 1 is 1.39 bits per heavy atom.